The van der Waals surface area contributed by atoms with Crippen molar-refractivity contribution in [2.45, 2.75) is 37.5 Å². The fraction of sp³-hybridized carbons (Fsp3) is 0.258. The van der Waals surface area contributed by atoms with Crippen molar-refractivity contribution in [3.05, 3.63) is 100 Å². The number of rotatable bonds is 10. The van der Waals surface area contributed by atoms with E-state index in [0.29, 0.717) is 34.9 Å². The van der Waals surface area contributed by atoms with E-state index in [1.165, 1.54) is 29.2 Å². The fourth-order valence-electron chi connectivity index (χ4n) is 4.09. The van der Waals surface area contributed by atoms with Crippen LogP contribution in [-0.2, 0) is 19.7 Å². The molecule has 3 aromatic rings. The summed E-state index contributed by atoms with van der Waals surface area (Å²) in [5.74, 6) is -1.55. The number of benzene rings is 3. The molecule has 1 aliphatic heterocycles. The minimum absolute atomic E-state index is 0.0158. The minimum Gasteiger partial charge on any atom is -0.385 e. The van der Waals surface area contributed by atoms with Crippen molar-refractivity contribution in [3.63, 3.8) is 0 Å². The highest BCUT2D eigenvalue weighted by atomic mass is 32.2. The maximum absolute atomic E-state index is 13.4. The van der Waals surface area contributed by atoms with E-state index >= 15 is 0 Å². The second-order valence-electron chi connectivity index (χ2n) is 10.4. The van der Waals surface area contributed by atoms with Gasteiger partial charge in [0.1, 0.15) is 16.4 Å². The number of anilines is 2. The molecule has 4 rings (SSSR count). The van der Waals surface area contributed by atoms with E-state index < -0.39 is 17.6 Å². The van der Waals surface area contributed by atoms with Gasteiger partial charge in [0.05, 0.1) is 0 Å². The highest BCUT2D eigenvalue weighted by molar-refractivity contribution is 8.04. The molecule has 40 heavy (non-hydrogen) atoms. The Kier molecular flexibility index (Phi) is 9.07. The maximum Gasteiger partial charge on any atom is 0.278 e. The summed E-state index contributed by atoms with van der Waals surface area (Å²) in [4.78, 5) is 41.5. The van der Waals surface area contributed by atoms with Crippen molar-refractivity contribution < 1.29 is 23.5 Å². The molecule has 0 unspecified atom stereocenters. The molecule has 0 saturated carbocycles. The van der Waals surface area contributed by atoms with Crippen LogP contribution in [0.1, 0.15) is 43.1 Å². The van der Waals surface area contributed by atoms with Gasteiger partial charge < -0.3 is 15.4 Å². The van der Waals surface area contributed by atoms with Gasteiger partial charge in [0, 0.05) is 42.1 Å². The lowest BCUT2D eigenvalue weighted by Gasteiger charge is -2.19. The summed E-state index contributed by atoms with van der Waals surface area (Å²) in [6, 6.07) is 20.1. The molecular formula is C31H32FN3O4S. The summed E-state index contributed by atoms with van der Waals surface area (Å²) in [6.07, 6.45) is 0.494. The Morgan fingerprint density at radius 3 is 2.30 bits per heavy atom. The summed E-state index contributed by atoms with van der Waals surface area (Å²) in [6.45, 7) is 6.95. The highest BCUT2D eigenvalue weighted by Gasteiger charge is 2.38. The standard InChI is InChI=1S/C31H32FN3O4S/c1-31(2,3)21-11-9-20(10-12-21)28(36)34-24-7-5-8-25(19-24)40-27-26(33-23-15-13-22(32)14-16-23)29(37)35(30(27)38)17-6-18-39-4/h5,7-16,19,33H,6,17-18H2,1-4H3,(H,34,36). The van der Waals surface area contributed by atoms with Crippen LogP contribution in [-0.4, -0.2) is 42.9 Å². The fourth-order valence-corrected chi connectivity index (χ4v) is 5.09. The summed E-state index contributed by atoms with van der Waals surface area (Å²) in [5, 5.41) is 5.91. The van der Waals surface area contributed by atoms with Crippen molar-refractivity contribution in [2.75, 3.05) is 30.9 Å². The number of ether oxygens (including phenoxy) is 1. The first-order valence-electron chi connectivity index (χ1n) is 12.9. The van der Waals surface area contributed by atoms with Crippen molar-refractivity contribution in [3.8, 4) is 0 Å². The largest absolute Gasteiger partial charge is 0.385 e. The van der Waals surface area contributed by atoms with Crippen molar-refractivity contribution in [1.29, 1.82) is 0 Å². The number of thioether (sulfide) groups is 1. The molecule has 0 aromatic heterocycles. The van der Waals surface area contributed by atoms with Crippen LogP contribution in [0.4, 0.5) is 15.8 Å². The number of amides is 3. The summed E-state index contributed by atoms with van der Waals surface area (Å²) in [5.41, 5.74) is 2.80. The second kappa shape index (κ2) is 12.5. The van der Waals surface area contributed by atoms with Crippen LogP contribution in [0.2, 0.25) is 0 Å². The molecule has 2 N–H and O–H groups in total. The van der Waals surface area contributed by atoms with E-state index in [9.17, 15) is 18.8 Å². The van der Waals surface area contributed by atoms with Crippen LogP contribution in [0, 0.1) is 5.82 Å². The summed E-state index contributed by atoms with van der Waals surface area (Å²) < 4.78 is 18.5. The third-order valence-electron chi connectivity index (χ3n) is 6.29. The number of carbonyl (C=O) groups is 3. The number of carbonyl (C=O) groups excluding carboxylic acids is 3. The van der Waals surface area contributed by atoms with Crippen molar-refractivity contribution in [1.82, 2.24) is 4.90 Å². The number of hydrogen-bond donors (Lipinski definition) is 2. The predicted molar refractivity (Wildman–Crippen MR) is 156 cm³/mol. The van der Waals surface area contributed by atoms with Gasteiger partial charge in [0.2, 0.25) is 0 Å². The summed E-state index contributed by atoms with van der Waals surface area (Å²) in [7, 11) is 1.56. The lowest BCUT2D eigenvalue weighted by molar-refractivity contribution is -0.137. The number of nitrogens with one attached hydrogen (secondary N) is 2. The number of methoxy groups -OCH3 is 1. The van der Waals surface area contributed by atoms with E-state index in [-0.39, 0.29) is 28.5 Å². The Morgan fingerprint density at radius 1 is 0.950 bits per heavy atom. The van der Waals surface area contributed by atoms with Crippen LogP contribution in [0.3, 0.4) is 0 Å². The zero-order valence-electron chi connectivity index (χ0n) is 22.9. The van der Waals surface area contributed by atoms with Gasteiger partial charge in [0.25, 0.3) is 17.7 Å². The van der Waals surface area contributed by atoms with Gasteiger partial charge in [-0.05, 0) is 72.0 Å². The third kappa shape index (κ3) is 6.97. The Balaban J connectivity index is 1.55. The topological polar surface area (TPSA) is 87.7 Å². The Labute approximate surface area is 237 Å². The minimum atomic E-state index is -0.462. The van der Waals surface area contributed by atoms with Gasteiger partial charge in [-0.2, -0.15) is 0 Å². The van der Waals surface area contributed by atoms with Crippen LogP contribution < -0.4 is 10.6 Å². The van der Waals surface area contributed by atoms with Crippen LogP contribution in [0.25, 0.3) is 0 Å². The van der Waals surface area contributed by atoms with Crippen molar-refractivity contribution in [2.24, 2.45) is 0 Å². The molecule has 208 valence electrons. The molecule has 0 spiro atoms. The third-order valence-corrected chi connectivity index (χ3v) is 7.37. The van der Waals surface area contributed by atoms with Gasteiger partial charge in [0.15, 0.2) is 0 Å². The molecule has 0 saturated heterocycles. The number of nitrogens with zero attached hydrogens (tertiary/aromatic N) is 1. The SMILES string of the molecule is COCCCN1C(=O)C(Nc2ccc(F)cc2)=C(Sc2cccc(NC(=O)c3ccc(C(C)(C)C)cc3)c2)C1=O. The molecule has 3 aromatic carbocycles. The van der Waals surface area contributed by atoms with E-state index in [2.05, 4.69) is 31.4 Å². The molecule has 1 aliphatic rings. The molecule has 0 fully saturated rings. The molecule has 7 nitrogen and oxygen atoms in total. The van der Waals surface area contributed by atoms with E-state index in [0.717, 1.165) is 17.3 Å². The van der Waals surface area contributed by atoms with Crippen LogP contribution >= 0.6 is 11.8 Å². The molecule has 0 radical (unpaired) electrons. The molecule has 9 heteroatoms. The van der Waals surface area contributed by atoms with Gasteiger partial charge in [-0.1, -0.05) is 50.7 Å². The Bertz CT molecular complexity index is 1430. The molecule has 0 atom stereocenters. The number of imide groups is 1. The summed E-state index contributed by atoms with van der Waals surface area (Å²) >= 11 is 1.13. The van der Waals surface area contributed by atoms with Crippen molar-refractivity contribution >= 4 is 40.9 Å². The van der Waals surface area contributed by atoms with E-state index in [1.54, 1.807) is 43.5 Å². The maximum atomic E-state index is 13.4. The Hall–Kier alpha value is -3.95. The number of halogens is 1. The predicted octanol–water partition coefficient (Wildman–Crippen LogP) is 6.20. The first kappa shape index (κ1) is 29.0. The monoisotopic (exact) mass is 561 g/mol. The molecule has 1 heterocycles. The zero-order chi connectivity index (χ0) is 28.9. The zero-order valence-corrected chi connectivity index (χ0v) is 23.7. The lowest BCUT2D eigenvalue weighted by Crippen LogP contribution is -2.33. The number of hydrogen-bond acceptors (Lipinski definition) is 6. The highest BCUT2D eigenvalue weighted by Crippen LogP contribution is 2.37. The first-order valence-corrected chi connectivity index (χ1v) is 13.7. The average molecular weight is 562 g/mol. The second-order valence-corrected chi connectivity index (χ2v) is 11.4. The smallest absolute Gasteiger partial charge is 0.278 e. The van der Waals surface area contributed by atoms with Crippen LogP contribution in [0.15, 0.2) is 88.3 Å². The molecule has 0 aliphatic carbocycles. The van der Waals surface area contributed by atoms with Gasteiger partial charge in [-0.3, -0.25) is 19.3 Å². The van der Waals surface area contributed by atoms with Crippen LogP contribution in [0.5, 0.6) is 0 Å². The quantitative estimate of drug-likeness (QED) is 0.227. The average Bonchev–Trinajstić information content (AvgIpc) is 3.13. The molecule has 0 bridgehead atoms. The molecule has 3 amide bonds. The van der Waals surface area contributed by atoms with E-state index in [4.69, 9.17) is 4.74 Å². The first-order chi connectivity index (χ1) is 19.1. The van der Waals surface area contributed by atoms with Gasteiger partial charge in [-0.25, -0.2) is 4.39 Å². The normalized spacial score (nSPS) is 13.7. The van der Waals surface area contributed by atoms with E-state index in [1.807, 2.05) is 12.1 Å². The lowest BCUT2D eigenvalue weighted by atomic mass is 9.87. The molecular weight excluding hydrogens is 529 g/mol. The Morgan fingerprint density at radius 2 is 1.65 bits per heavy atom. The van der Waals surface area contributed by atoms with Gasteiger partial charge in [-0.15, -0.1) is 0 Å². The van der Waals surface area contributed by atoms with Gasteiger partial charge >= 0.3 is 0 Å².